The number of ether oxygens (including phenoxy) is 2. The third kappa shape index (κ3) is 3.68. The Labute approximate surface area is 171 Å². The molecule has 146 valence electrons. The van der Waals surface area contributed by atoms with Crippen LogP contribution in [0.1, 0.15) is 16.1 Å². The fourth-order valence-corrected chi connectivity index (χ4v) is 3.33. The van der Waals surface area contributed by atoms with Gasteiger partial charge in [-0.05, 0) is 35.0 Å². The molecule has 0 bridgehead atoms. The first-order valence-corrected chi connectivity index (χ1v) is 9.22. The first-order chi connectivity index (χ1) is 14.1. The molecule has 1 N–H and O–H groups in total. The number of aromatic nitrogens is 2. The standard InChI is InChI=1S/C22H17ClN2O4/c1-28-13-17-20(22(26)27)24-25(19-9-5-4-8-18(19)23)21(17)29-16-11-10-14-6-2-3-7-15(14)12-16/h2-12H,13H2,1H3,(H,26,27). The third-order valence-electron chi connectivity index (χ3n) is 4.44. The molecule has 0 spiro atoms. The maximum absolute atomic E-state index is 11.8. The van der Waals surface area contributed by atoms with Crippen molar-refractivity contribution in [1.29, 1.82) is 0 Å². The maximum Gasteiger partial charge on any atom is 0.356 e. The number of halogens is 1. The topological polar surface area (TPSA) is 73.6 Å². The summed E-state index contributed by atoms with van der Waals surface area (Å²) < 4.78 is 12.8. The van der Waals surface area contributed by atoms with Gasteiger partial charge in [0.2, 0.25) is 5.88 Å². The van der Waals surface area contributed by atoms with Crippen molar-refractivity contribution in [2.45, 2.75) is 6.61 Å². The van der Waals surface area contributed by atoms with Crippen molar-refractivity contribution in [3.63, 3.8) is 0 Å². The van der Waals surface area contributed by atoms with E-state index in [1.54, 1.807) is 24.3 Å². The van der Waals surface area contributed by atoms with Crippen LogP contribution in [0.3, 0.4) is 0 Å². The highest BCUT2D eigenvalue weighted by molar-refractivity contribution is 6.32. The van der Waals surface area contributed by atoms with Gasteiger partial charge in [-0.3, -0.25) is 0 Å². The second-order valence-electron chi connectivity index (χ2n) is 6.34. The van der Waals surface area contributed by atoms with Gasteiger partial charge in [0.05, 0.1) is 22.9 Å². The first-order valence-electron chi connectivity index (χ1n) is 8.84. The molecule has 4 rings (SSSR count). The number of rotatable bonds is 6. The molecule has 0 fully saturated rings. The van der Waals surface area contributed by atoms with E-state index in [9.17, 15) is 9.90 Å². The monoisotopic (exact) mass is 408 g/mol. The van der Waals surface area contributed by atoms with E-state index in [1.807, 2.05) is 42.5 Å². The van der Waals surface area contributed by atoms with Gasteiger partial charge in [-0.15, -0.1) is 0 Å². The van der Waals surface area contributed by atoms with Crippen molar-refractivity contribution >= 4 is 28.3 Å². The molecule has 1 aromatic heterocycles. The number of hydrogen-bond donors (Lipinski definition) is 1. The number of aromatic carboxylic acids is 1. The minimum Gasteiger partial charge on any atom is -0.476 e. The van der Waals surface area contributed by atoms with E-state index in [-0.39, 0.29) is 18.2 Å². The molecular formula is C22H17ClN2O4. The SMILES string of the molecule is COCc1c(C(=O)O)nn(-c2ccccc2Cl)c1Oc1ccc2ccccc2c1. The van der Waals surface area contributed by atoms with Gasteiger partial charge in [0.25, 0.3) is 0 Å². The Kier molecular flexibility index (Phi) is 5.20. The molecule has 0 saturated heterocycles. The Morgan fingerprint density at radius 3 is 2.52 bits per heavy atom. The molecule has 1 heterocycles. The first kappa shape index (κ1) is 19.0. The van der Waals surface area contributed by atoms with Crippen molar-refractivity contribution in [2.24, 2.45) is 0 Å². The summed E-state index contributed by atoms with van der Waals surface area (Å²) in [4.78, 5) is 11.8. The van der Waals surface area contributed by atoms with E-state index in [0.29, 0.717) is 22.0 Å². The molecule has 4 aromatic rings. The Morgan fingerprint density at radius 1 is 1.07 bits per heavy atom. The highest BCUT2D eigenvalue weighted by Gasteiger charge is 2.26. The van der Waals surface area contributed by atoms with Crippen LogP contribution in [0.15, 0.2) is 66.7 Å². The molecule has 0 aliphatic carbocycles. The quantitative estimate of drug-likeness (QED) is 0.467. The zero-order valence-electron chi connectivity index (χ0n) is 15.5. The molecular weight excluding hydrogens is 392 g/mol. The fourth-order valence-electron chi connectivity index (χ4n) is 3.12. The molecule has 0 atom stereocenters. The normalized spacial score (nSPS) is 11.0. The lowest BCUT2D eigenvalue weighted by molar-refractivity contribution is 0.0685. The number of hydrogen-bond acceptors (Lipinski definition) is 4. The minimum atomic E-state index is -1.17. The summed E-state index contributed by atoms with van der Waals surface area (Å²) in [5.74, 6) is -0.384. The maximum atomic E-state index is 11.8. The molecule has 3 aromatic carbocycles. The van der Waals surface area contributed by atoms with Crippen LogP contribution in [0.4, 0.5) is 0 Å². The smallest absolute Gasteiger partial charge is 0.356 e. The predicted molar refractivity (Wildman–Crippen MR) is 110 cm³/mol. The summed E-state index contributed by atoms with van der Waals surface area (Å²) >= 11 is 6.34. The molecule has 6 nitrogen and oxygen atoms in total. The summed E-state index contributed by atoms with van der Waals surface area (Å²) in [7, 11) is 1.48. The summed E-state index contributed by atoms with van der Waals surface area (Å²) in [5.41, 5.74) is 0.686. The summed E-state index contributed by atoms with van der Waals surface area (Å²) in [6.45, 7) is 0.0228. The molecule has 7 heteroatoms. The summed E-state index contributed by atoms with van der Waals surface area (Å²) in [6, 6.07) is 20.6. The van der Waals surface area contributed by atoms with E-state index < -0.39 is 5.97 Å². The van der Waals surface area contributed by atoms with Crippen molar-refractivity contribution in [1.82, 2.24) is 9.78 Å². The lowest BCUT2D eigenvalue weighted by Gasteiger charge is -2.12. The van der Waals surface area contributed by atoms with Crippen molar-refractivity contribution in [3.8, 4) is 17.3 Å². The lowest BCUT2D eigenvalue weighted by atomic mass is 10.1. The van der Waals surface area contributed by atoms with Gasteiger partial charge in [0.15, 0.2) is 5.69 Å². The molecule has 0 radical (unpaired) electrons. The average Bonchev–Trinajstić information content (AvgIpc) is 3.07. The highest BCUT2D eigenvalue weighted by atomic mass is 35.5. The minimum absolute atomic E-state index is 0.0228. The number of carboxylic acid groups (broad SMARTS) is 1. The molecule has 0 amide bonds. The number of para-hydroxylation sites is 1. The molecule has 0 unspecified atom stereocenters. The van der Waals surface area contributed by atoms with E-state index in [4.69, 9.17) is 21.1 Å². The van der Waals surface area contributed by atoms with Crippen LogP contribution in [0, 0.1) is 0 Å². The zero-order valence-corrected chi connectivity index (χ0v) is 16.3. The van der Waals surface area contributed by atoms with Gasteiger partial charge in [-0.1, -0.05) is 54.1 Å². The number of carboxylic acids is 1. The molecule has 29 heavy (non-hydrogen) atoms. The molecule has 0 aliphatic rings. The Balaban J connectivity index is 1.89. The number of nitrogens with zero attached hydrogens (tertiary/aromatic N) is 2. The number of carbonyl (C=O) groups is 1. The van der Waals surface area contributed by atoms with Gasteiger partial charge in [0.1, 0.15) is 5.75 Å². The van der Waals surface area contributed by atoms with Gasteiger partial charge < -0.3 is 14.6 Å². The van der Waals surface area contributed by atoms with Crippen LogP contribution in [-0.4, -0.2) is 28.0 Å². The van der Waals surface area contributed by atoms with Crippen LogP contribution in [0.25, 0.3) is 16.5 Å². The van der Waals surface area contributed by atoms with Crippen LogP contribution in [0.2, 0.25) is 5.02 Å². The van der Waals surface area contributed by atoms with Gasteiger partial charge in [-0.2, -0.15) is 9.78 Å². The van der Waals surface area contributed by atoms with Crippen LogP contribution in [0.5, 0.6) is 11.6 Å². The third-order valence-corrected chi connectivity index (χ3v) is 4.76. The Morgan fingerprint density at radius 2 is 1.79 bits per heavy atom. The molecule has 0 saturated carbocycles. The Hall–Kier alpha value is -3.35. The number of fused-ring (bicyclic) bond motifs is 1. The fraction of sp³-hybridized carbons (Fsp3) is 0.0909. The lowest BCUT2D eigenvalue weighted by Crippen LogP contribution is -2.03. The highest BCUT2D eigenvalue weighted by Crippen LogP contribution is 2.34. The zero-order chi connectivity index (χ0) is 20.4. The van der Waals surface area contributed by atoms with Crippen LogP contribution < -0.4 is 4.74 Å². The van der Waals surface area contributed by atoms with Crippen molar-refractivity contribution in [3.05, 3.63) is 83.0 Å². The molecule has 0 aliphatic heterocycles. The predicted octanol–water partition coefficient (Wildman–Crippen LogP) is 5.32. The van der Waals surface area contributed by atoms with Crippen molar-refractivity contribution in [2.75, 3.05) is 7.11 Å². The van der Waals surface area contributed by atoms with Gasteiger partial charge in [-0.25, -0.2) is 4.79 Å². The van der Waals surface area contributed by atoms with E-state index in [2.05, 4.69) is 5.10 Å². The van der Waals surface area contributed by atoms with Crippen LogP contribution >= 0.6 is 11.6 Å². The summed E-state index contributed by atoms with van der Waals surface area (Å²) in [6.07, 6.45) is 0. The average molecular weight is 409 g/mol. The summed E-state index contributed by atoms with van der Waals surface area (Å²) in [5, 5.41) is 16.4. The largest absolute Gasteiger partial charge is 0.476 e. The van der Waals surface area contributed by atoms with Gasteiger partial charge >= 0.3 is 5.97 Å². The van der Waals surface area contributed by atoms with E-state index in [1.165, 1.54) is 11.8 Å². The van der Waals surface area contributed by atoms with E-state index >= 15 is 0 Å². The van der Waals surface area contributed by atoms with E-state index in [0.717, 1.165) is 10.8 Å². The number of methoxy groups -OCH3 is 1. The number of benzene rings is 3. The van der Waals surface area contributed by atoms with Crippen molar-refractivity contribution < 1.29 is 19.4 Å². The second-order valence-corrected chi connectivity index (χ2v) is 6.75. The Bertz CT molecular complexity index is 1200. The van der Waals surface area contributed by atoms with Gasteiger partial charge in [0, 0.05) is 7.11 Å². The van der Waals surface area contributed by atoms with Crippen LogP contribution in [-0.2, 0) is 11.3 Å². The second kappa shape index (κ2) is 7.95.